The van der Waals surface area contributed by atoms with Crippen molar-refractivity contribution in [2.24, 2.45) is 0 Å². The van der Waals surface area contributed by atoms with Crippen LogP contribution in [0.4, 0.5) is 16.2 Å². The lowest BCUT2D eigenvalue weighted by Gasteiger charge is -2.21. The SMILES string of the molecule is COC(=O)N(c1ccccc1)c1ccc2nc[nH]c2c1. The van der Waals surface area contributed by atoms with E-state index in [1.54, 1.807) is 6.33 Å². The molecule has 0 unspecified atom stereocenters. The van der Waals surface area contributed by atoms with Gasteiger partial charge in [0.15, 0.2) is 0 Å². The predicted molar refractivity (Wildman–Crippen MR) is 77.1 cm³/mol. The molecule has 0 aliphatic rings. The number of para-hydroxylation sites is 1. The number of aromatic nitrogens is 2. The van der Waals surface area contributed by atoms with Crippen LogP contribution in [0.1, 0.15) is 0 Å². The number of rotatable bonds is 2. The number of hydrogen-bond donors (Lipinski definition) is 1. The number of aromatic amines is 1. The molecule has 1 N–H and O–H groups in total. The first-order valence-electron chi connectivity index (χ1n) is 6.16. The van der Waals surface area contributed by atoms with Crippen LogP contribution in [0, 0.1) is 0 Å². The molecule has 0 spiro atoms. The van der Waals surface area contributed by atoms with Crippen LogP contribution in [-0.2, 0) is 4.74 Å². The number of benzene rings is 2. The average molecular weight is 267 g/mol. The second-order valence-corrected chi connectivity index (χ2v) is 4.24. The molecule has 20 heavy (non-hydrogen) atoms. The Bertz CT molecular complexity index is 737. The number of nitrogens with zero attached hydrogens (tertiary/aromatic N) is 2. The second-order valence-electron chi connectivity index (χ2n) is 4.24. The Kier molecular flexibility index (Phi) is 3.09. The van der Waals surface area contributed by atoms with E-state index >= 15 is 0 Å². The van der Waals surface area contributed by atoms with Crippen LogP contribution < -0.4 is 4.90 Å². The van der Waals surface area contributed by atoms with Crippen LogP contribution in [0.25, 0.3) is 11.0 Å². The van der Waals surface area contributed by atoms with Gasteiger partial charge in [-0.25, -0.2) is 14.7 Å². The molecule has 1 heterocycles. The molecule has 1 aromatic heterocycles. The number of H-pyrrole nitrogens is 1. The van der Waals surface area contributed by atoms with Gasteiger partial charge in [0.25, 0.3) is 0 Å². The van der Waals surface area contributed by atoms with E-state index in [4.69, 9.17) is 4.74 Å². The zero-order valence-electron chi connectivity index (χ0n) is 10.9. The molecular formula is C15H13N3O2. The molecule has 2 aromatic carbocycles. The van der Waals surface area contributed by atoms with Crippen LogP contribution in [0.3, 0.4) is 0 Å². The van der Waals surface area contributed by atoms with Gasteiger partial charge in [-0.15, -0.1) is 0 Å². The first-order valence-corrected chi connectivity index (χ1v) is 6.16. The van der Waals surface area contributed by atoms with Gasteiger partial charge in [0, 0.05) is 0 Å². The molecule has 0 saturated carbocycles. The number of carbonyl (C=O) groups is 1. The van der Waals surface area contributed by atoms with Crippen molar-refractivity contribution >= 4 is 28.5 Å². The third-order valence-electron chi connectivity index (χ3n) is 3.03. The molecule has 0 bridgehead atoms. The Morgan fingerprint density at radius 1 is 1.15 bits per heavy atom. The Labute approximate surface area is 115 Å². The highest BCUT2D eigenvalue weighted by Crippen LogP contribution is 2.28. The summed E-state index contributed by atoms with van der Waals surface area (Å²) in [5.74, 6) is 0. The number of nitrogens with one attached hydrogen (secondary N) is 1. The quantitative estimate of drug-likeness (QED) is 0.773. The number of carbonyl (C=O) groups excluding carboxylic acids is 1. The maximum atomic E-state index is 12.1. The van der Waals surface area contributed by atoms with E-state index in [9.17, 15) is 4.79 Å². The van der Waals surface area contributed by atoms with Crippen molar-refractivity contribution in [2.45, 2.75) is 0 Å². The molecule has 3 aromatic rings. The summed E-state index contributed by atoms with van der Waals surface area (Å²) in [7, 11) is 1.37. The van der Waals surface area contributed by atoms with Crippen molar-refractivity contribution in [3.05, 3.63) is 54.9 Å². The maximum absolute atomic E-state index is 12.1. The van der Waals surface area contributed by atoms with Gasteiger partial charge >= 0.3 is 6.09 Å². The molecular weight excluding hydrogens is 254 g/mol. The summed E-state index contributed by atoms with van der Waals surface area (Å²) in [5, 5.41) is 0. The molecule has 0 fully saturated rings. The second kappa shape index (κ2) is 5.05. The van der Waals surface area contributed by atoms with E-state index in [-0.39, 0.29) is 0 Å². The fraction of sp³-hybridized carbons (Fsp3) is 0.0667. The number of anilines is 2. The van der Waals surface area contributed by atoms with Crippen molar-refractivity contribution in [2.75, 3.05) is 12.0 Å². The third-order valence-corrected chi connectivity index (χ3v) is 3.03. The van der Waals surface area contributed by atoms with E-state index < -0.39 is 6.09 Å². The minimum absolute atomic E-state index is 0.435. The molecule has 0 saturated heterocycles. The van der Waals surface area contributed by atoms with Gasteiger partial charge in [-0.3, -0.25) is 0 Å². The van der Waals surface area contributed by atoms with Crippen molar-refractivity contribution in [1.82, 2.24) is 9.97 Å². The zero-order valence-corrected chi connectivity index (χ0v) is 10.9. The van der Waals surface area contributed by atoms with Crippen molar-refractivity contribution in [1.29, 1.82) is 0 Å². The molecule has 5 heteroatoms. The van der Waals surface area contributed by atoms with Gasteiger partial charge < -0.3 is 9.72 Å². The monoisotopic (exact) mass is 267 g/mol. The lowest BCUT2D eigenvalue weighted by Crippen LogP contribution is -2.25. The summed E-state index contributed by atoms with van der Waals surface area (Å²) in [4.78, 5) is 20.8. The van der Waals surface area contributed by atoms with Crippen LogP contribution >= 0.6 is 0 Å². The third kappa shape index (κ3) is 2.09. The number of hydrogen-bond acceptors (Lipinski definition) is 3. The largest absolute Gasteiger partial charge is 0.452 e. The van der Waals surface area contributed by atoms with Gasteiger partial charge in [0.1, 0.15) is 0 Å². The van der Waals surface area contributed by atoms with E-state index in [1.807, 2.05) is 48.5 Å². The van der Waals surface area contributed by atoms with E-state index in [1.165, 1.54) is 12.0 Å². The highest BCUT2D eigenvalue weighted by molar-refractivity contribution is 5.97. The summed E-state index contributed by atoms with van der Waals surface area (Å²) in [6, 6.07) is 14.9. The number of methoxy groups -OCH3 is 1. The lowest BCUT2D eigenvalue weighted by molar-refractivity contribution is 0.181. The minimum atomic E-state index is -0.435. The molecule has 5 nitrogen and oxygen atoms in total. The summed E-state index contributed by atoms with van der Waals surface area (Å²) in [6.07, 6.45) is 1.19. The number of ether oxygens (including phenoxy) is 1. The number of fused-ring (bicyclic) bond motifs is 1. The van der Waals surface area contributed by atoms with Crippen LogP contribution in [0.15, 0.2) is 54.9 Å². The molecule has 0 radical (unpaired) electrons. The summed E-state index contributed by atoms with van der Waals surface area (Å²) in [6.45, 7) is 0. The van der Waals surface area contributed by atoms with Gasteiger partial charge in [-0.2, -0.15) is 0 Å². The molecule has 3 rings (SSSR count). The lowest BCUT2D eigenvalue weighted by atomic mass is 10.2. The van der Waals surface area contributed by atoms with E-state index in [2.05, 4.69) is 9.97 Å². The predicted octanol–water partition coefficient (Wildman–Crippen LogP) is 3.47. The Morgan fingerprint density at radius 2 is 1.95 bits per heavy atom. The molecule has 0 atom stereocenters. The Morgan fingerprint density at radius 3 is 2.70 bits per heavy atom. The van der Waals surface area contributed by atoms with Gasteiger partial charge in [-0.05, 0) is 30.3 Å². The highest BCUT2D eigenvalue weighted by Gasteiger charge is 2.18. The first kappa shape index (κ1) is 12.2. The summed E-state index contributed by atoms with van der Waals surface area (Å²) < 4.78 is 4.88. The average Bonchev–Trinajstić information content (AvgIpc) is 2.96. The molecule has 0 aliphatic heterocycles. The topological polar surface area (TPSA) is 58.2 Å². The molecule has 0 aliphatic carbocycles. The fourth-order valence-electron chi connectivity index (χ4n) is 2.09. The fourth-order valence-corrected chi connectivity index (χ4v) is 2.09. The molecule has 100 valence electrons. The smallest absolute Gasteiger partial charge is 0.418 e. The number of imidazole rings is 1. The van der Waals surface area contributed by atoms with Crippen LogP contribution in [0.5, 0.6) is 0 Å². The highest BCUT2D eigenvalue weighted by atomic mass is 16.5. The van der Waals surface area contributed by atoms with Crippen LogP contribution in [0.2, 0.25) is 0 Å². The zero-order chi connectivity index (χ0) is 13.9. The summed E-state index contributed by atoms with van der Waals surface area (Å²) in [5.41, 5.74) is 3.19. The number of amides is 1. The Hall–Kier alpha value is -2.82. The van der Waals surface area contributed by atoms with Crippen molar-refractivity contribution in [3.8, 4) is 0 Å². The van der Waals surface area contributed by atoms with Crippen molar-refractivity contribution < 1.29 is 9.53 Å². The van der Waals surface area contributed by atoms with Gasteiger partial charge in [-0.1, -0.05) is 18.2 Å². The first-order chi connectivity index (χ1) is 9.79. The van der Waals surface area contributed by atoms with E-state index in [0.717, 1.165) is 22.4 Å². The Balaban J connectivity index is 2.11. The minimum Gasteiger partial charge on any atom is -0.452 e. The van der Waals surface area contributed by atoms with Gasteiger partial charge in [0.05, 0.1) is 35.8 Å². The maximum Gasteiger partial charge on any atom is 0.418 e. The normalized spacial score (nSPS) is 10.4. The van der Waals surface area contributed by atoms with Crippen LogP contribution in [-0.4, -0.2) is 23.2 Å². The van der Waals surface area contributed by atoms with Crippen molar-refractivity contribution in [3.63, 3.8) is 0 Å². The summed E-state index contributed by atoms with van der Waals surface area (Å²) >= 11 is 0. The standard InChI is InChI=1S/C15H13N3O2/c1-20-15(19)18(11-5-3-2-4-6-11)12-7-8-13-14(9-12)17-10-16-13/h2-10H,1H3,(H,16,17). The molecule has 1 amide bonds. The van der Waals surface area contributed by atoms with E-state index in [0.29, 0.717) is 0 Å². The van der Waals surface area contributed by atoms with Gasteiger partial charge in [0.2, 0.25) is 0 Å².